The summed E-state index contributed by atoms with van der Waals surface area (Å²) in [6.45, 7) is 0. The van der Waals surface area contributed by atoms with Crippen molar-refractivity contribution in [2.45, 2.75) is 12.6 Å². The number of nitrogens with zero attached hydrogens (tertiary/aromatic N) is 1. The highest BCUT2D eigenvalue weighted by molar-refractivity contribution is 5.18. The van der Waals surface area contributed by atoms with Crippen molar-refractivity contribution in [3.05, 3.63) is 29.3 Å². The molecule has 0 amide bonds. The molecule has 14 heavy (non-hydrogen) atoms. The summed E-state index contributed by atoms with van der Waals surface area (Å²) in [6, 6.07) is 0.125. The summed E-state index contributed by atoms with van der Waals surface area (Å²) in [4.78, 5) is 2.59. The van der Waals surface area contributed by atoms with Crippen molar-refractivity contribution in [1.82, 2.24) is 4.98 Å². The molecule has 1 heterocycles. The second-order valence-electron chi connectivity index (χ2n) is 2.40. The Hall–Kier alpha value is -1.27. The Morgan fingerprint density at radius 2 is 1.79 bits per heavy atom. The van der Waals surface area contributed by atoms with Crippen molar-refractivity contribution in [3.63, 3.8) is 0 Å². The molecule has 0 bridgehead atoms. The van der Waals surface area contributed by atoms with Crippen molar-refractivity contribution >= 4 is 0 Å². The van der Waals surface area contributed by atoms with E-state index in [4.69, 9.17) is 0 Å². The zero-order valence-corrected chi connectivity index (χ0v) is 6.45. The van der Waals surface area contributed by atoms with Gasteiger partial charge in [-0.05, 0) is 6.07 Å². The maximum absolute atomic E-state index is 12.6. The van der Waals surface area contributed by atoms with E-state index in [9.17, 15) is 26.3 Å². The highest BCUT2D eigenvalue weighted by Crippen LogP contribution is 2.30. The molecule has 0 aliphatic rings. The molecule has 1 aromatic rings. The molecule has 0 spiro atoms. The highest BCUT2D eigenvalue weighted by atomic mass is 19.4. The van der Waals surface area contributed by atoms with Gasteiger partial charge in [0.2, 0.25) is 0 Å². The average Bonchev–Trinajstić information content (AvgIpc) is 2.01. The molecule has 1 rings (SSSR count). The van der Waals surface area contributed by atoms with Gasteiger partial charge in [-0.3, -0.25) is 0 Å². The van der Waals surface area contributed by atoms with Crippen LogP contribution in [0.2, 0.25) is 0 Å². The molecule has 0 saturated carbocycles. The molecule has 7 heteroatoms. The maximum Gasteiger partial charge on any atom is 0.436 e. The largest absolute Gasteiger partial charge is 0.436 e. The fourth-order valence-corrected chi connectivity index (χ4v) is 0.781. The summed E-state index contributed by atoms with van der Waals surface area (Å²) in [5.74, 6) is -1.80. The molecular formula is C7H3F6N. The van der Waals surface area contributed by atoms with E-state index in [1.54, 1.807) is 0 Å². The Morgan fingerprint density at radius 3 is 2.14 bits per heavy atom. The van der Waals surface area contributed by atoms with E-state index in [1.807, 2.05) is 0 Å². The number of pyridine rings is 1. The molecule has 1 nitrogen and oxygen atoms in total. The van der Waals surface area contributed by atoms with Gasteiger partial charge in [-0.1, -0.05) is 0 Å². The van der Waals surface area contributed by atoms with Gasteiger partial charge >= 0.3 is 6.18 Å². The van der Waals surface area contributed by atoms with Crippen molar-refractivity contribution in [2.24, 2.45) is 0 Å². The first-order valence-corrected chi connectivity index (χ1v) is 3.33. The van der Waals surface area contributed by atoms with Crippen LogP contribution in [0.3, 0.4) is 0 Å². The first-order chi connectivity index (χ1) is 6.32. The van der Waals surface area contributed by atoms with E-state index >= 15 is 0 Å². The number of halogens is 6. The standard InChI is InChI=1S/C7H3F6N/c8-4-1-3(6(9)10)2-14-5(4)7(11,12)13/h1-2,6H. The second kappa shape index (κ2) is 3.47. The molecule has 0 aliphatic carbocycles. The van der Waals surface area contributed by atoms with Crippen LogP contribution in [-0.2, 0) is 6.18 Å². The van der Waals surface area contributed by atoms with Gasteiger partial charge in [0.25, 0.3) is 6.43 Å². The van der Waals surface area contributed by atoms with Gasteiger partial charge in [0.1, 0.15) is 0 Å². The topological polar surface area (TPSA) is 12.9 Å². The van der Waals surface area contributed by atoms with E-state index in [0.717, 1.165) is 0 Å². The van der Waals surface area contributed by atoms with E-state index < -0.39 is 29.7 Å². The second-order valence-corrected chi connectivity index (χ2v) is 2.40. The van der Waals surface area contributed by atoms with Crippen LogP contribution < -0.4 is 0 Å². The number of alkyl halides is 5. The Kier molecular flexibility index (Phi) is 2.68. The van der Waals surface area contributed by atoms with Crippen LogP contribution >= 0.6 is 0 Å². The molecule has 0 fully saturated rings. The summed E-state index contributed by atoms with van der Waals surface area (Å²) < 4.78 is 72.0. The van der Waals surface area contributed by atoms with Gasteiger partial charge < -0.3 is 0 Å². The number of rotatable bonds is 1. The van der Waals surface area contributed by atoms with Crippen LogP contribution in [0.5, 0.6) is 0 Å². The Balaban J connectivity index is 3.15. The van der Waals surface area contributed by atoms with Crippen molar-refractivity contribution in [2.75, 3.05) is 0 Å². The quantitative estimate of drug-likeness (QED) is 0.655. The lowest BCUT2D eigenvalue weighted by atomic mass is 10.2. The van der Waals surface area contributed by atoms with Gasteiger partial charge in [-0.15, -0.1) is 0 Å². The maximum atomic E-state index is 12.6. The van der Waals surface area contributed by atoms with Crippen molar-refractivity contribution in [3.8, 4) is 0 Å². The molecule has 0 unspecified atom stereocenters. The SMILES string of the molecule is Fc1cc(C(F)F)cnc1C(F)(F)F. The Labute approximate surface area is 74.4 Å². The van der Waals surface area contributed by atoms with Gasteiger partial charge in [0.05, 0.1) is 0 Å². The lowest BCUT2D eigenvalue weighted by Crippen LogP contribution is -2.11. The minimum Gasteiger partial charge on any atom is -0.248 e. The van der Waals surface area contributed by atoms with Crippen LogP contribution in [0.1, 0.15) is 17.7 Å². The van der Waals surface area contributed by atoms with Crippen LogP contribution in [0.4, 0.5) is 26.3 Å². The van der Waals surface area contributed by atoms with E-state index in [0.29, 0.717) is 6.20 Å². The molecule has 0 saturated heterocycles. The highest BCUT2D eigenvalue weighted by Gasteiger charge is 2.36. The number of aromatic nitrogens is 1. The monoisotopic (exact) mass is 215 g/mol. The minimum atomic E-state index is -4.97. The first-order valence-electron chi connectivity index (χ1n) is 3.33. The third-order valence-corrected chi connectivity index (χ3v) is 1.38. The van der Waals surface area contributed by atoms with E-state index in [2.05, 4.69) is 4.98 Å². The average molecular weight is 215 g/mol. The summed E-state index contributed by atoms with van der Waals surface area (Å²) in [6.07, 6.45) is -7.71. The van der Waals surface area contributed by atoms with Crippen LogP contribution in [0, 0.1) is 5.82 Å². The van der Waals surface area contributed by atoms with Gasteiger partial charge in [-0.25, -0.2) is 18.2 Å². The van der Waals surface area contributed by atoms with Crippen LogP contribution in [0.15, 0.2) is 12.3 Å². The zero-order chi connectivity index (χ0) is 10.9. The molecule has 0 atom stereocenters. The van der Waals surface area contributed by atoms with Crippen LogP contribution in [-0.4, -0.2) is 4.98 Å². The predicted octanol–water partition coefficient (Wildman–Crippen LogP) is 3.18. The Bertz CT molecular complexity index is 331. The zero-order valence-electron chi connectivity index (χ0n) is 6.45. The van der Waals surface area contributed by atoms with Gasteiger partial charge in [-0.2, -0.15) is 13.2 Å². The van der Waals surface area contributed by atoms with Gasteiger partial charge in [0.15, 0.2) is 11.5 Å². The Morgan fingerprint density at radius 1 is 1.21 bits per heavy atom. The van der Waals surface area contributed by atoms with Crippen molar-refractivity contribution < 1.29 is 26.3 Å². The van der Waals surface area contributed by atoms with Crippen molar-refractivity contribution in [1.29, 1.82) is 0 Å². The van der Waals surface area contributed by atoms with Gasteiger partial charge in [0, 0.05) is 11.8 Å². The molecule has 0 N–H and O–H groups in total. The smallest absolute Gasteiger partial charge is 0.248 e. The number of hydrogen-bond acceptors (Lipinski definition) is 1. The summed E-state index contributed by atoms with van der Waals surface area (Å²) in [7, 11) is 0. The molecular weight excluding hydrogens is 212 g/mol. The summed E-state index contributed by atoms with van der Waals surface area (Å²) >= 11 is 0. The minimum absolute atomic E-state index is 0.125. The fraction of sp³-hybridized carbons (Fsp3) is 0.286. The van der Waals surface area contributed by atoms with E-state index in [-0.39, 0.29) is 6.07 Å². The molecule has 0 radical (unpaired) electrons. The third-order valence-electron chi connectivity index (χ3n) is 1.38. The third kappa shape index (κ3) is 2.15. The van der Waals surface area contributed by atoms with E-state index in [1.165, 1.54) is 0 Å². The molecule has 0 aromatic carbocycles. The molecule has 0 aliphatic heterocycles. The fourth-order valence-electron chi connectivity index (χ4n) is 0.781. The summed E-state index contributed by atoms with van der Waals surface area (Å²) in [5.41, 5.74) is -2.67. The summed E-state index contributed by atoms with van der Waals surface area (Å²) in [5, 5.41) is 0. The lowest BCUT2D eigenvalue weighted by Gasteiger charge is -2.07. The normalized spacial score (nSPS) is 12.2. The van der Waals surface area contributed by atoms with Crippen LogP contribution in [0.25, 0.3) is 0 Å². The first kappa shape index (κ1) is 10.8. The lowest BCUT2D eigenvalue weighted by molar-refractivity contribution is -0.143. The predicted molar refractivity (Wildman–Crippen MR) is 34.2 cm³/mol. The number of hydrogen-bond donors (Lipinski definition) is 0. The molecule has 1 aromatic heterocycles. The molecule has 78 valence electrons.